The van der Waals surface area contributed by atoms with Crippen LogP contribution in [-0.4, -0.2) is 23.6 Å². The Morgan fingerprint density at radius 3 is 1.21 bits per heavy atom. The van der Waals surface area contributed by atoms with Gasteiger partial charge in [-0.25, -0.2) is 0 Å². The van der Waals surface area contributed by atoms with Gasteiger partial charge in [-0.2, -0.15) is 0 Å². The minimum Gasteiger partial charge on any atom is -0.430 e. The molecule has 0 radical (unpaired) electrons. The van der Waals surface area contributed by atoms with Gasteiger partial charge in [0.05, 0.1) is 0 Å². The highest BCUT2D eigenvalue weighted by atomic mass is 16.6. The van der Waals surface area contributed by atoms with E-state index in [9.17, 15) is 9.59 Å². The van der Waals surface area contributed by atoms with Gasteiger partial charge < -0.3 is 9.47 Å². The van der Waals surface area contributed by atoms with Gasteiger partial charge in [0, 0.05) is 23.7 Å². The molecule has 0 amide bonds. The molecule has 0 bridgehead atoms. The van der Waals surface area contributed by atoms with E-state index < -0.39 is 22.5 Å². The summed E-state index contributed by atoms with van der Waals surface area (Å²) in [6.45, 7) is 12.9. The van der Waals surface area contributed by atoms with Crippen molar-refractivity contribution in [3.05, 3.63) is 0 Å². The summed E-state index contributed by atoms with van der Waals surface area (Å²) in [6, 6.07) is 0. The third kappa shape index (κ3) is 9.17. The lowest BCUT2D eigenvalue weighted by Crippen LogP contribution is -2.65. The summed E-state index contributed by atoms with van der Waals surface area (Å²) in [5.74, 6) is -3.56. The van der Waals surface area contributed by atoms with Crippen LogP contribution in [0.1, 0.15) is 144 Å². The van der Waals surface area contributed by atoms with Crippen molar-refractivity contribution in [3.63, 3.8) is 0 Å². The van der Waals surface area contributed by atoms with Crippen LogP contribution in [0.2, 0.25) is 0 Å². The highest BCUT2D eigenvalue weighted by Gasteiger charge is 2.51. The summed E-state index contributed by atoms with van der Waals surface area (Å²) in [5, 5.41) is 0. The van der Waals surface area contributed by atoms with Crippen LogP contribution in [0.4, 0.5) is 0 Å². The lowest BCUT2D eigenvalue weighted by atomic mass is 9.62. The topological polar surface area (TPSA) is 157 Å². The lowest BCUT2D eigenvalue weighted by molar-refractivity contribution is -0.183. The van der Waals surface area contributed by atoms with E-state index in [1.807, 2.05) is 13.8 Å². The molecule has 0 aromatic heterocycles. The zero-order chi connectivity index (χ0) is 28.9. The summed E-state index contributed by atoms with van der Waals surface area (Å²) in [6.07, 6.45) is 13.6. The smallest absolute Gasteiger partial charge is 0.308 e. The quantitative estimate of drug-likeness (QED) is 0.135. The Bertz CT molecular complexity index is 744. The predicted octanol–water partition coefficient (Wildman–Crippen LogP) is 5.55. The molecule has 0 aromatic carbocycles. The van der Waals surface area contributed by atoms with Crippen LogP contribution in [0.3, 0.4) is 0 Å². The Morgan fingerprint density at radius 2 is 0.895 bits per heavy atom. The zero-order valence-electron chi connectivity index (χ0n) is 25.3. The van der Waals surface area contributed by atoms with E-state index in [1.54, 1.807) is 0 Å². The van der Waals surface area contributed by atoms with Crippen molar-refractivity contribution < 1.29 is 19.1 Å². The van der Waals surface area contributed by atoms with Crippen LogP contribution in [0.5, 0.6) is 0 Å². The maximum absolute atomic E-state index is 12.4. The Labute approximate surface area is 231 Å². The molecule has 0 saturated heterocycles. The van der Waals surface area contributed by atoms with Gasteiger partial charge in [-0.1, -0.05) is 80.1 Å². The van der Waals surface area contributed by atoms with Crippen LogP contribution in [-0.2, 0) is 19.1 Å². The summed E-state index contributed by atoms with van der Waals surface area (Å²) >= 11 is 0. The molecule has 38 heavy (non-hydrogen) atoms. The standard InChI is InChI=1S/C30H58N4O4/c1-25(2)17-13-19-27(5,21-25)29(31,32)37-23(35)15-11-9-7-8-10-12-16-24(36)38-30(33,34)28(6)20-14-18-26(3,4)22-28/h7-22,31-34H2,1-6H3. The first-order valence-electron chi connectivity index (χ1n) is 14.9. The number of hydrogen-bond acceptors (Lipinski definition) is 8. The van der Waals surface area contributed by atoms with E-state index in [-0.39, 0.29) is 22.8 Å². The van der Waals surface area contributed by atoms with Gasteiger partial charge in [-0.3, -0.25) is 32.5 Å². The molecule has 8 heteroatoms. The summed E-state index contributed by atoms with van der Waals surface area (Å²) < 4.78 is 11.2. The number of nitrogens with two attached hydrogens (primary N) is 4. The Kier molecular flexibility index (Phi) is 10.9. The molecule has 2 fully saturated rings. The summed E-state index contributed by atoms with van der Waals surface area (Å²) in [7, 11) is 0. The van der Waals surface area contributed by atoms with Crippen LogP contribution in [0, 0.1) is 21.7 Å². The second-order valence-corrected chi connectivity index (χ2v) is 14.7. The highest BCUT2D eigenvalue weighted by Crippen LogP contribution is 2.50. The predicted molar refractivity (Wildman–Crippen MR) is 152 cm³/mol. The number of hydrogen-bond donors (Lipinski definition) is 4. The van der Waals surface area contributed by atoms with Crippen molar-refractivity contribution in [1.82, 2.24) is 0 Å². The van der Waals surface area contributed by atoms with E-state index in [0.29, 0.717) is 12.8 Å². The normalized spacial score (nSPS) is 27.5. The average molecular weight is 539 g/mol. The van der Waals surface area contributed by atoms with E-state index in [1.165, 1.54) is 0 Å². The number of carbonyl (C=O) groups is 2. The van der Waals surface area contributed by atoms with Crippen LogP contribution in [0.25, 0.3) is 0 Å². The molecule has 0 aliphatic heterocycles. The van der Waals surface area contributed by atoms with Crippen molar-refractivity contribution in [2.24, 2.45) is 44.6 Å². The molecule has 2 saturated carbocycles. The summed E-state index contributed by atoms with van der Waals surface area (Å²) in [5.41, 5.74) is 24.8. The van der Waals surface area contributed by atoms with Gasteiger partial charge in [0.15, 0.2) is 0 Å². The molecule has 0 aromatic rings. The molecule has 2 rings (SSSR count). The molecule has 2 aliphatic rings. The van der Waals surface area contributed by atoms with Crippen LogP contribution in [0.15, 0.2) is 0 Å². The second kappa shape index (κ2) is 12.5. The molecule has 0 heterocycles. The van der Waals surface area contributed by atoms with Gasteiger partial charge in [0.2, 0.25) is 11.7 Å². The van der Waals surface area contributed by atoms with Crippen molar-refractivity contribution in [1.29, 1.82) is 0 Å². The van der Waals surface area contributed by atoms with E-state index in [4.69, 9.17) is 32.4 Å². The van der Waals surface area contributed by atoms with Gasteiger partial charge in [-0.05, 0) is 62.2 Å². The number of rotatable bonds is 13. The van der Waals surface area contributed by atoms with E-state index in [0.717, 1.165) is 89.9 Å². The SMILES string of the molecule is CC1(C)CCCC(C)(C(N)(N)OC(=O)CCCCCCCCC(=O)OC(N)(N)C2(C)CCCC(C)(C)C2)C1. The molecular formula is C30H58N4O4. The van der Waals surface area contributed by atoms with Gasteiger partial charge >= 0.3 is 11.9 Å². The molecule has 2 atom stereocenters. The number of ether oxygens (including phenoxy) is 2. The minimum atomic E-state index is -1.45. The van der Waals surface area contributed by atoms with Crippen LogP contribution < -0.4 is 22.9 Å². The third-order valence-corrected chi connectivity index (χ3v) is 9.37. The second-order valence-electron chi connectivity index (χ2n) is 14.7. The fourth-order valence-corrected chi connectivity index (χ4v) is 7.02. The molecule has 8 N–H and O–H groups in total. The minimum absolute atomic E-state index is 0.142. The maximum Gasteiger partial charge on any atom is 0.308 e. The third-order valence-electron chi connectivity index (χ3n) is 9.37. The number of carbonyl (C=O) groups excluding carboxylic acids is 2. The first-order valence-corrected chi connectivity index (χ1v) is 14.9. The Hall–Kier alpha value is -1.22. The van der Waals surface area contributed by atoms with Gasteiger partial charge in [-0.15, -0.1) is 0 Å². The summed E-state index contributed by atoms with van der Waals surface area (Å²) in [4.78, 5) is 24.9. The van der Waals surface area contributed by atoms with Crippen molar-refractivity contribution in [2.75, 3.05) is 0 Å². The molecule has 222 valence electrons. The fraction of sp³-hybridized carbons (Fsp3) is 0.933. The Balaban J connectivity index is 1.60. The van der Waals surface area contributed by atoms with E-state index >= 15 is 0 Å². The monoisotopic (exact) mass is 538 g/mol. The maximum atomic E-state index is 12.4. The van der Waals surface area contributed by atoms with Gasteiger partial charge in [0.1, 0.15) is 0 Å². The van der Waals surface area contributed by atoms with Crippen molar-refractivity contribution in [3.8, 4) is 0 Å². The molecular weight excluding hydrogens is 480 g/mol. The van der Waals surface area contributed by atoms with Crippen molar-refractivity contribution >= 4 is 11.9 Å². The molecule has 0 spiro atoms. The fourth-order valence-electron chi connectivity index (χ4n) is 7.02. The first-order chi connectivity index (χ1) is 17.3. The van der Waals surface area contributed by atoms with E-state index in [2.05, 4.69) is 27.7 Å². The average Bonchev–Trinajstić information content (AvgIpc) is 2.73. The molecule has 8 nitrogen and oxygen atoms in total. The highest BCUT2D eigenvalue weighted by molar-refractivity contribution is 5.70. The molecule has 2 unspecified atom stereocenters. The van der Waals surface area contributed by atoms with Gasteiger partial charge in [0.25, 0.3) is 0 Å². The van der Waals surface area contributed by atoms with Crippen LogP contribution >= 0.6 is 0 Å². The lowest BCUT2D eigenvalue weighted by Gasteiger charge is -2.49. The zero-order valence-corrected chi connectivity index (χ0v) is 25.3. The van der Waals surface area contributed by atoms with Crippen molar-refractivity contribution in [2.45, 2.75) is 156 Å². The number of unbranched alkanes of at least 4 members (excludes halogenated alkanes) is 5. The largest absolute Gasteiger partial charge is 0.430 e. The first kappa shape index (κ1) is 33.0. The number of esters is 2. The Morgan fingerprint density at radius 1 is 0.579 bits per heavy atom. The molecule has 2 aliphatic carbocycles.